The number of nitrogens with one attached hydrogen (secondary N) is 1. The maximum atomic E-state index is 4.03. The first kappa shape index (κ1) is 13.8. The molecular formula is C15H29N. The van der Waals surface area contributed by atoms with Crippen LogP contribution in [-0.4, -0.2) is 13.1 Å². The SMILES string of the molecule is C=C(C)CCC1CC(C)CCC1CNCC. The predicted octanol–water partition coefficient (Wildman–Crippen LogP) is 4.00. The Morgan fingerprint density at radius 3 is 2.69 bits per heavy atom. The Bertz CT molecular complexity index is 207. The van der Waals surface area contributed by atoms with E-state index in [-0.39, 0.29) is 0 Å². The molecular weight excluding hydrogens is 194 g/mol. The van der Waals surface area contributed by atoms with Crippen molar-refractivity contribution in [1.29, 1.82) is 0 Å². The molecule has 0 amide bonds. The van der Waals surface area contributed by atoms with E-state index in [1.165, 1.54) is 44.2 Å². The van der Waals surface area contributed by atoms with Gasteiger partial charge in [0.25, 0.3) is 0 Å². The van der Waals surface area contributed by atoms with Crippen molar-refractivity contribution in [3.05, 3.63) is 12.2 Å². The van der Waals surface area contributed by atoms with Gasteiger partial charge < -0.3 is 5.32 Å². The van der Waals surface area contributed by atoms with Crippen molar-refractivity contribution >= 4 is 0 Å². The van der Waals surface area contributed by atoms with Crippen LogP contribution >= 0.6 is 0 Å². The third kappa shape index (κ3) is 4.69. The van der Waals surface area contributed by atoms with Crippen molar-refractivity contribution in [2.24, 2.45) is 17.8 Å². The smallest absolute Gasteiger partial charge is 0.00180 e. The van der Waals surface area contributed by atoms with Crippen LogP contribution in [0.4, 0.5) is 0 Å². The van der Waals surface area contributed by atoms with Crippen molar-refractivity contribution in [2.45, 2.75) is 52.9 Å². The lowest BCUT2D eigenvalue weighted by molar-refractivity contribution is 0.175. The van der Waals surface area contributed by atoms with Crippen LogP contribution in [-0.2, 0) is 0 Å². The zero-order chi connectivity index (χ0) is 12.0. The Kier molecular flexibility index (Phi) is 6.12. The highest BCUT2D eigenvalue weighted by Gasteiger charge is 2.27. The van der Waals surface area contributed by atoms with E-state index in [0.29, 0.717) is 0 Å². The van der Waals surface area contributed by atoms with Gasteiger partial charge in [-0.1, -0.05) is 25.8 Å². The topological polar surface area (TPSA) is 12.0 Å². The van der Waals surface area contributed by atoms with Gasteiger partial charge in [-0.05, 0) is 63.5 Å². The van der Waals surface area contributed by atoms with Crippen LogP contribution in [0.3, 0.4) is 0 Å². The zero-order valence-corrected chi connectivity index (χ0v) is 11.4. The highest BCUT2D eigenvalue weighted by Crippen LogP contribution is 2.36. The standard InChI is InChI=1S/C15H29N/c1-5-16-11-15-9-7-13(4)10-14(15)8-6-12(2)3/h13-16H,2,5-11H2,1,3-4H3. The van der Waals surface area contributed by atoms with Gasteiger partial charge in [0.2, 0.25) is 0 Å². The molecule has 0 aromatic carbocycles. The minimum atomic E-state index is 0.912. The van der Waals surface area contributed by atoms with Crippen molar-refractivity contribution < 1.29 is 0 Å². The molecule has 0 saturated heterocycles. The maximum absolute atomic E-state index is 4.03. The molecule has 0 heterocycles. The van der Waals surface area contributed by atoms with Crippen LogP contribution in [0.2, 0.25) is 0 Å². The Hall–Kier alpha value is -0.300. The van der Waals surface area contributed by atoms with Crippen LogP contribution in [0, 0.1) is 17.8 Å². The molecule has 0 aromatic heterocycles. The first-order chi connectivity index (χ1) is 7.63. The molecule has 1 nitrogen and oxygen atoms in total. The van der Waals surface area contributed by atoms with Crippen molar-refractivity contribution in [1.82, 2.24) is 5.32 Å². The van der Waals surface area contributed by atoms with Gasteiger partial charge in [0.1, 0.15) is 0 Å². The number of rotatable bonds is 6. The van der Waals surface area contributed by atoms with E-state index in [2.05, 4.69) is 32.7 Å². The summed E-state index contributed by atoms with van der Waals surface area (Å²) < 4.78 is 0. The second-order valence-corrected chi connectivity index (χ2v) is 5.74. The van der Waals surface area contributed by atoms with Crippen molar-refractivity contribution in [2.75, 3.05) is 13.1 Å². The van der Waals surface area contributed by atoms with Crippen LogP contribution in [0.1, 0.15) is 52.9 Å². The quantitative estimate of drug-likeness (QED) is 0.671. The van der Waals surface area contributed by atoms with E-state index in [1.54, 1.807) is 0 Å². The molecule has 16 heavy (non-hydrogen) atoms. The average molecular weight is 223 g/mol. The molecule has 3 atom stereocenters. The molecule has 1 aliphatic carbocycles. The lowest BCUT2D eigenvalue weighted by Gasteiger charge is -2.35. The molecule has 1 fully saturated rings. The summed E-state index contributed by atoms with van der Waals surface area (Å²) in [4.78, 5) is 0. The van der Waals surface area contributed by atoms with E-state index in [0.717, 1.165) is 24.3 Å². The molecule has 0 aliphatic heterocycles. The first-order valence-electron chi connectivity index (χ1n) is 6.98. The monoisotopic (exact) mass is 223 g/mol. The Morgan fingerprint density at radius 1 is 1.31 bits per heavy atom. The molecule has 1 saturated carbocycles. The molecule has 1 aliphatic rings. The Balaban J connectivity index is 2.41. The average Bonchev–Trinajstić information content (AvgIpc) is 2.25. The van der Waals surface area contributed by atoms with Gasteiger partial charge in [-0.3, -0.25) is 0 Å². The molecule has 0 radical (unpaired) electrons. The van der Waals surface area contributed by atoms with Crippen LogP contribution < -0.4 is 5.32 Å². The maximum Gasteiger partial charge on any atom is -0.00180 e. The van der Waals surface area contributed by atoms with Crippen LogP contribution in [0.25, 0.3) is 0 Å². The third-order valence-corrected chi connectivity index (χ3v) is 4.00. The fourth-order valence-electron chi connectivity index (χ4n) is 2.95. The summed E-state index contributed by atoms with van der Waals surface area (Å²) in [6.07, 6.45) is 6.87. The van der Waals surface area contributed by atoms with Crippen molar-refractivity contribution in [3.8, 4) is 0 Å². The molecule has 1 heteroatoms. The molecule has 3 unspecified atom stereocenters. The van der Waals surface area contributed by atoms with E-state index < -0.39 is 0 Å². The molecule has 0 aromatic rings. The van der Waals surface area contributed by atoms with Gasteiger partial charge in [0.15, 0.2) is 0 Å². The van der Waals surface area contributed by atoms with E-state index in [4.69, 9.17) is 0 Å². The fourth-order valence-corrected chi connectivity index (χ4v) is 2.95. The van der Waals surface area contributed by atoms with Crippen LogP contribution in [0.15, 0.2) is 12.2 Å². The minimum absolute atomic E-state index is 0.912. The summed E-state index contributed by atoms with van der Waals surface area (Å²) in [5.74, 6) is 2.78. The highest BCUT2D eigenvalue weighted by molar-refractivity contribution is 4.90. The van der Waals surface area contributed by atoms with E-state index in [9.17, 15) is 0 Å². The molecule has 1 rings (SSSR count). The Labute approximate surface area is 102 Å². The van der Waals surface area contributed by atoms with Gasteiger partial charge in [0, 0.05) is 0 Å². The summed E-state index contributed by atoms with van der Waals surface area (Å²) in [6, 6.07) is 0. The summed E-state index contributed by atoms with van der Waals surface area (Å²) in [5.41, 5.74) is 1.35. The van der Waals surface area contributed by atoms with Gasteiger partial charge in [-0.15, -0.1) is 6.58 Å². The summed E-state index contributed by atoms with van der Waals surface area (Å²) in [6.45, 7) is 13.1. The number of allylic oxidation sites excluding steroid dienone is 1. The second-order valence-electron chi connectivity index (χ2n) is 5.74. The summed E-state index contributed by atoms with van der Waals surface area (Å²) in [5, 5.41) is 3.53. The normalized spacial score (nSPS) is 30.3. The lowest BCUT2D eigenvalue weighted by Crippen LogP contribution is -2.32. The minimum Gasteiger partial charge on any atom is -0.317 e. The highest BCUT2D eigenvalue weighted by atomic mass is 14.8. The zero-order valence-electron chi connectivity index (χ0n) is 11.4. The predicted molar refractivity (Wildman–Crippen MR) is 72.6 cm³/mol. The third-order valence-electron chi connectivity index (χ3n) is 4.00. The lowest BCUT2D eigenvalue weighted by atomic mass is 9.72. The number of hydrogen-bond donors (Lipinski definition) is 1. The van der Waals surface area contributed by atoms with Crippen LogP contribution in [0.5, 0.6) is 0 Å². The van der Waals surface area contributed by atoms with E-state index in [1.807, 2.05) is 0 Å². The fraction of sp³-hybridized carbons (Fsp3) is 0.867. The summed E-state index contributed by atoms with van der Waals surface area (Å²) >= 11 is 0. The Morgan fingerprint density at radius 2 is 2.06 bits per heavy atom. The van der Waals surface area contributed by atoms with Gasteiger partial charge in [-0.2, -0.15) is 0 Å². The van der Waals surface area contributed by atoms with Crippen molar-refractivity contribution in [3.63, 3.8) is 0 Å². The van der Waals surface area contributed by atoms with Gasteiger partial charge in [0.05, 0.1) is 0 Å². The van der Waals surface area contributed by atoms with E-state index >= 15 is 0 Å². The number of hydrogen-bond acceptors (Lipinski definition) is 1. The largest absolute Gasteiger partial charge is 0.317 e. The van der Waals surface area contributed by atoms with Gasteiger partial charge in [-0.25, -0.2) is 0 Å². The molecule has 0 bridgehead atoms. The molecule has 94 valence electrons. The molecule has 0 spiro atoms. The second kappa shape index (κ2) is 7.11. The molecule has 1 N–H and O–H groups in total. The summed E-state index contributed by atoms with van der Waals surface area (Å²) in [7, 11) is 0. The first-order valence-corrected chi connectivity index (χ1v) is 6.98. The van der Waals surface area contributed by atoms with Gasteiger partial charge >= 0.3 is 0 Å².